The topological polar surface area (TPSA) is 67.5 Å². The molecule has 0 atom stereocenters. The fourth-order valence-corrected chi connectivity index (χ4v) is 2.79. The van der Waals surface area contributed by atoms with Crippen LogP contribution in [0.3, 0.4) is 0 Å². The largest absolute Gasteiger partial charge is 0.438 e. The van der Waals surface area contributed by atoms with Crippen molar-refractivity contribution in [3.05, 3.63) is 94.9 Å². The molecule has 4 rings (SSSR count). The van der Waals surface area contributed by atoms with E-state index >= 15 is 0 Å². The number of carbonyl (C=O) groups excluding carboxylic acids is 1. The summed E-state index contributed by atoms with van der Waals surface area (Å²) < 4.78 is 20.1. The van der Waals surface area contributed by atoms with Gasteiger partial charge in [-0.05, 0) is 36.4 Å². The first-order valence-electron chi connectivity index (χ1n) is 8.36. The molecule has 4 aromatic rings. The molecule has 2 aromatic carbocycles. The lowest BCUT2D eigenvalue weighted by Gasteiger charge is -2.06. The summed E-state index contributed by atoms with van der Waals surface area (Å²) in [5.41, 5.74) is 0.591. The first-order valence-corrected chi connectivity index (χ1v) is 8.73. The van der Waals surface area contributed by atoms with E-state index < -0.39 is 11.7 Å². The molecule has 0 aliphatic rings. The number of benzene rings is 2. The molecule has 0 radical (unpaired) electrons. The maximum Gasteiger partial charge on any atom is 0.262 e. The number of para-hydroxylation sites is 1. The third-order valence-electron chi connectivity index (χ3n) is 3.96. The summed E-state index contributed by atoms with van der Waals surface area (Å²) in [5, 5.41) is 3.32. The van der Waals surface area contributed by atoms with Gasteiger partial charge in [0.15, 0.2) is 5.82 Å². The first-order chi connectivity index (χ1) is 13.6. The maximum atomic E-state index is 14.3. The SMILES string of the molecule is O=C(Nc1ccccn1)c1cc2ccccc2oc1=Nc1cccc(Cl)c1F. The second kappa shape index (κ2) is 7.62. The van der Waals surface area contributed by atoms with Crippen molar-refractivity contribution in [3.63, 3.8) is 0 Å². The quantitative estimate of drug-likeness (QED) is 0.526. The van der Waals surface area contributed by atoms with E-state index in [0.29, 0.717) is 16.8 Å². The fourth-order valence-electron chi connectivity index (χ4n) is 2.62. The Morgan fingerprint density at radius 2 is 1.89 bits per heavy atom. The predicted octanol–water partition coefficient (Wildman–Crippen LogP) is 5.11. The maximum absolute atomic E-state index is 14.3. The van der Waals surface area contributed by atoms with Crippen molar-refractivity contribution < 1.29 is 13.6 Å². The molecule has 0 bridgehead atoms. The molecule has 0 aliphatic carbocycles. The molecular formula is C21H13ClFN3O2. The summed E-state index contributed by atoms with van der Waals surface area (Å²) >= 11 is 5.83. The van der Waals surface area contributed by atoms with E-state index in [9.17, 15) is 9.18 Å². The van der Waals surface area contributed by atoms with Crippen LogP contribution in [0, 0.1) is 5.82 Å². The summed E-state index contributed by atoms with van der Waals surface area (Å²) in [4.78, 5) is 21.1. The van der Waals surface area contributed by atoms with Gasteiger partial charge in [-0.2, -0.15) is 0 Å². The molecule has 2 aromatic heterocycles. The number of hydrogen-bond donors (Lipinski definition) is 1. The molecule has 1 N–H and O–H groups in total. The second-order valence-corrected chi connectivity index (χ2v) is 6.26. The van der Waals surface area contributed by atoms with Crippen LogP contribution < -0.4 is 10.9 Å². The highest BCUT2D eigenvalue weighted by Crippen LogP contribution is 2.24. The minimum Gasteiger partial charge on any atom is -0.438 e. The number of carbonyl (C=O) groups is 1. The summed E-state index contributed by atoms with van der Waals surface area (Å²) in [7, 11) is 0. The van der Waals surface area contributed by atoms with Gasteiger partial charge < -0.3 is 9.73 Å². The zero-order chi connectivity index (χ0) is 19.5. The molecule has 2 heterocycles. The number of nitrogens with zero attached hydrogens (tertiary/aromatic N) is 2. The minimum atomic E-state index is -0.691. The van der Waals surface area contributed by atoms with Crippen molar-refractivity contribution in [2.45, 2.75) is 0 Å². The van der Waals surface area contributed by atoms with E-state index in [1.54, 1.807) is 54.7 Å². The Hall–Kier alpha value is -3.51. The van der Waals surface area contributed by atoms with E-state index in [4.69, 9.17) is 16.0 Å². The molecule has 5 nitrogen and oxygen atoms in total. The van der Waals surface area contributed by atoms with Gasteiger partial charge >= 0.3 is 0 Å². The van der Waals surface area contributed by atoms with Gasteiger partial charge in [-0.1, -0.05) is 41.9 Å². The summed E-state index contributed by atoms with van der Waals surface area (Å²) in [6.45, 7) is 0. The summed E-state index contributed by atoms with van der Waals surface area (Å²) in [5.74, 6) is -0.793. The van der Waals surface area contributed by atoms with Gasteiger partial charge in [-0.3, -0.25) is 4.79 Å². The zero-order valence-corrected chi connectivity index (χ0v) is 15.2. The Morgan fingerprint density at radius 3 is 2.71 bits per heavy atom. The van der Waals surface area contributed by atoms with Crippen LogP contribution >= 0.6 is 11.6 Å². The van der Waals surface area contributed by atoms with Crippen molar-refractivity contribution in [1.82, 2.24) is 4.98 Å². The van der Waals surface area contributed by atoms with Crippen LogP contribution in [0.4, 0.5) is 15.9 Å². The minimum absolute atomic E-state index is 0.0292. The van der Waals surface area contributed by atoms with Crippen molar-refractivity contribution >= 4 is 40.0 Å². The van der Waals surface area contributed by atoms with Gasteiger partial charge in [-0.25, -0.2) is 14.4 Å². The molecule has 1 amide bonds. The predicted molar refractivity (Wildman–Crippen MR) is 105 cm³/mol. The number of rotatable bonds is 3. The Morgan fingerprint density at radius 1 is 1.07 bits per heavy atom. The molecule has 0 aliphatic heterocycles. The second-order valence-electron chi connectivity index (χ2n) is 5.86. The number of aromatic nitrogens is 1. The smallest absolute Gasteiger partial charge is 0.262 e. The molecule has 0 unspecified atom stereocenters. The van der Waals surface area contributed by atoms with Crippen LogP contribution in [-0.4, -0.2) is 10.9 Å². The molecule has 0 spiro atoms. The van der Waals surface area contributed by atoms with E-state index in [2.05, 4.69) is 15.3 Å². The highest BCUT2D eigenvalue weighted by molar-refractivity contribution is 6.31. The van der Waals surface area contributed by atoms with Crippen LogP contribution in [0.15, 0.2) is 82.3 Å². The first kappa shape index (κ1) is 17.9. The van der Waals surface area contributed by atoms with Crippen LogP contribution in [0.5, 0.6) is 0 Å². The number of amides is 1. The monoisotopic (exact) mass is 393 g/mol. The molecule has 0 saturated heterocycles. The van der Waals surface area contributed by atoms with Gasteiger partial charge in [0, 0.05) is 11.6 Å². The standard InChI is InChI=1S/C21H13ClFN3O2/c22-15-7-5-8-16(19(15)23)25-21-14(12-13-6-1-2-9-17(13)28-21)20(27)26-18-10-3-4-11-24-18/h1-12H,(H,24,26,27). The third kappa shape index (κ3) is 3.63. The molecule has 138 valence electrons. The lowest BCUT2D eigenvalue weighted by atomic mass is 10.1. The van der Waals surface area contributed by atoms with E-state index in [0.717, 1.165) is 0 Å². The number of halogens is 2. The van der Waals surface area contributed by atoms with Gasteiger partial charge in [0.2, 0.25) is 5.55 Å². The zero-order valence-electron chi connectivity index (χ0n) is 14.4. The highest BCUT2D eigenvalue weighted by atomic mass is 35.5. The van der Waals surface area contributed by atoms with E-state index in [-0.39, 0.29) is 21.8 Å². The van der Waals surface area contributed by atoms with Crippen LogP contribution in [0.1, 0.15) is 10.4 Å². The number of nitrogens with one attached hydrogen (secondary N) is 1. The normalized spacial score (nSPS) is 11.6. The van der Waals surface area contributed by atoms with Gasteiger partial charge in [-0.15, -0.1) is 0 Å². The van der Waals surface area contributed by atoms with Crippen molar-refractivity contribution in [1.29, 1.82) is 0 Å². The Bertz CT molecular complexity index is 1240. The number of fused-ring (bicyclic) bond motifs is 1. The molecule has 0 fully saturated rings. The number of anilines is 1. The van der Waals surface area contributed by atoms with Crippen LogP contribution in [0.2, 0.25) is 5.02 Å². The molecule has 7 heteroatoms. The van der Waals surface area contributed by atoms with Gasteiger partial charge in [0.1, 0.15) is 22.7 Å². The summed E-state index contributed by atoms with van der Waals surface area (Å²) in [6, 6.07) is 18.4. The molecule has 28 heavy (non-hydrogen) atoms. The van der Waals surface area contributed by atoms with E-state index in [1.807, 2.05) is 6.07 Å². The van der Waals surface area contributed by atoms with Crippen molar-refractivity contribution in [2.75, 3.05) is 5.32 Å². The van der Waals surface area contributed by atoms with Crippen molar-refractivity contribution in [3.8, 4) is 0 Å². The van der Waals surface area contributed by atoms with Gasteiger partial charge in [0.05, 0.1) is 5.02 Å². The fraction of sp³-hybridized carbons (Fsp3) is 0. The van der Waals surface area contributed by atoms with Gasteiger partial charge in [0.25, 0.3) is 5.91 Å². The highest BCUT2D eigenvalue weighted by Gasteiger charge is 2.14. The number of hydrogen-bond acceptors (Lipinski definition) is 4. The van der Waals surface area contributed by atoms with E-state index in [1.165, 1.54) is 12.1 Å². The average molecular weight is 394 g/mol. The molecular weight excluding hydrogens is 381 g/mol. The Kier molecular flexibility index (Phi) is 4.87. The third-order valence-corrected chi connectivity index (χ3v) is 4.25. The lowest BCUT2D eigenvalue weighted by Crippen LogP contribution is -2.22. The number of pyridine rings is 1. The summed E-state index contributed by atoms with van der Waals surface area (Å²) in [6.07, 6.45) is 1.56. The Labute approximate surface area is 164 Å². The average Bonchev–Trinajstić information content (AvgIpc) is 2.71. The van der Waals surface area contributed by atoms with Crippen LogP contribution in [0.25, 0.3) is 11.0 Å². The van der Waals surface area contributed by atoms with Crippen LogP contribution in [-0.2, 0) is 0 Å². The van der Waals surface area contributed by atoms with Crippen molar-refractivity contribution in [2.24, 2.45) is 4.99 Å². The lowest BCUT2D eigenvalue weighted by molar-refractivity contribution is 0.102. The Balaban J connectivity index is 1.89. The molecule has 0 saturated carbocycles.